The van der Waals surface area contributed by atoms with Gasteiger partial charge in [-0.05, 0) is 5.56 Å². The van der Waals surface area contributed by atoms with Crippen LogP contribution in [-0.2, 0) is 35.7 Å². The molecule has 2 aliphatic rings. The summed E-state index contributed by atoms with van der Waals surface area (Å²) in [7, 11) is -3.56. The third kappa shape index (κ3) is 4.52. The maximum Gasteiger partial charge on any atom is 0.254 e. The summed E-state index contributed by atoms with van der Waals surface area (Å²) in [5, 5.41) is 5.41. The third-order valence-corrected chi connectivity index (χ3v) is 6.15. The van der Waals surface area contributed by atoms with E-state index in [4.69, 9.17) is 9.47 Å². The van der Waals surface area contributed by atoms with Crippen LogP contribution in [0, 0.1) is 5.92 Å². The maximum absolute atomic E-state index is 12.7. The van der Waals surface area contributed by atoms with Crippen molar-refractivity contribution in [1.29, 1.82) is 0 Å². The molecule has 2 N–H and O–H groups in total. The van der Waals surface area contributed by atoms with Crippen molar-refractivity contribution in [2.45, 2.75) is 12.2 Å². The van der Waals surface area contributed by atoms with Gasteiger partial charge in [0.1, 0.15) is 0 Å². The molecule has 2 amide bonds. The molecule has 2 fully saturated rings. The first-order chi connectivity index (χ1) is 13.3. The van der Waals surface area contributed by atoms with Crippen LogP contribution in [-0.4, -0.2) is 75.8 Å². The van der Waals surface area contributed by atoms with Gasteiger partial charge < -0.3 is 20.1 Å². The molecule has 154 valence electrons. The number of sulfonamides is 1. The lowest BCUT2D eigenvalue weighted by Crippen LogP contribution is -2.62. The number of hydrogen-bond donors (Lipinski definition) is 2. The van der Waals surface area contributed by atoms with Gasteiger partial charge in [-0.1, -0.05) is 30.3 Å². The first-order valence-electron chi connectivity index (χ1n) is 9.10. The fourth-order valence-electron chi connectivity index (χ4n) is 3.46. The zero-order chi connectivity index (χ0) is 20.2. The molecule has 0 saturated carbocycles. The zero-order valence-corrected chi connectivity index (χ0v) is 16.5. The largest absolute Gasteiger partial charge is 0.375 e. The monoisotopic (exact) mass is 411 g/mol. The Bertz CT molecular complexity index is 816. The second-order valence-electron chi connectivity index (χ2n) is 6.93. The van der Waals surface area contributed by atoms with Crippen LogP contribution in [0.15, 0.2) is 30.3 Å². The van der Waals surface area contributed by atoms with Gasteiger partial charge in [0.05, 0.1) is 38.5 Å². The first-order valence-corrected chi connectivity index (χ1v) is 10.9. The molecule has 3 rings (SSSR count). The van der Waals surface area contributed by atoms with Crippen LogP contribution < -0.4 is 10.6 Å². The smallest absolute Gasteiger partial charge is 0.254 e. The molecular formula is C18H25N3O6S. The van der Waals surface area contributed by atoms with Crippen molar-refractivity contribution < 1.29 is 27.5 Å². The molecule has 0 aliphatic carbocycles. The standard InChI is InChI=1S/C18H25N3O6S/c1-28(24,25)21-11-15(18(13-21)17(23)20-8-10-27-18)16(22)19-7-9-26-12-14-5-3-2-4-6-14/h2-6,15H,7-13H2,1H3,(H,19,22)(H,20,23). The molecule has 2 aliphatic heterocycles. The van der Waals surface area contributed by atoms with E-state index in [9.17, 15) is 18.0 Å². The number of nitrogens with zero attached hydrogens (tertiary/aromatic N) is 1. The molecule has 0 bridgehead atoms. The van der Waals surface area contributed by atoms with E-state index in [0.717, 1.165) is 16.1 Å². The molecule has 1 spiro atoms. The van der Waals surface area contributed by atoms with Crippen LogP contribution in [0.4, 0.5) is 0 Å². The average molecular weight is 411 g/mol. The Labute approximate surface area is 164 Å². The lowest BCUT2D eigenvalue weighted by Gasteiger charge is -2.36. The molecule has 9 nitrogen and oxygen atoms in total. The third-order valence-electron chi connectivity index (χ3n) is 4.93. The molecule has 2 atom stereocenters. The normalized spacial score (nSPS) is 25.6. The number of benzene rings is 1. The van der Waals surface area contributed by atoms with Gasteiger partial charge in [-0.2, -0.15) is 4.31 Å². The Morgan fingerprint density at radius 1 is 1.39 bits per heavy atom. The lowest BCUT2D eigenvalue weighted by molar-refractivity contribution is -0.163. The Morgan fingerprint density at radius 3 is 2.82 bits per heavy atom. The van der Waals surface area contributed by atoms with Gasteiger partial charge >= 0.3 is 0 Å². The van der Waals surface area contributed by atoms with Gasteiger partial charge in [0, 0.05) is 19.6 Å². The molecule has 10 heteroatoms. The number of morpholine rings is 1. The van der Waals surface area contributed by atoms with Crippen LogP contribution in [0.3, 0.4) is 0 Å². The van der Waals surface area contributed by atoms with Crippen LogP contribution in [0.25, 0.3) is 0 Å². The highest BCUT2D eigenvalue weighted by atomic mass is 32.2. The van der Waals surface area contributed by atoms with Crippen molar-refractivity contribution >= 4 is 21.8 Å². The summed E-state index contributed by atoms with van der Waals surface area (Å²) >= 11 is 0. The Hall–Kier alpha value is -2.01. The van der Waals surface area contributed by atoms with E-state index in [1.165, 1.54) is 0 Å². The fourth-order valence-corrected chi connectivity index (χ4v) is 4.30. The molecule has 0 aromatic heterocycles. The van der Waals surface area contributed by atoms with Crippen molar-refractivity contribution in [3.63, 3.8) is 0 Å². The van der Waals surface area contributed by atoms with Crippen molar-refractivity contribution in [2.24, 2.45) is 5.92 Å². The van der Waals surface area contributed by atoms with E-state index in [1.807, 2.05) is 30.3 Å². The van der Waals surface area contributed by atoms with Crippen molar-refractivity contribution in [1.82, 2.24) is 14.9 Å². The number of carbonyl (C=O) groups is 2. The van der Waals surface area contributed by atoms with Gasteiger partial charge in [0.15, 0.2) is 5.60 Å². The number of rotatable bonds is 7. The first kappa shape index (κ1) is 20.7. The predicted octanol–water partition coefficient (Wildman–Crippen LogP) is -0.904. The Kier molecular flexibility index (Phi) is 6.33. The van der Waals surface area contributed by atoms with Gasteiger partial charge in [-0.15, -0.1) is 0 Å². The number of carbonyl (C=O) groups excluding carboxylic acids is 2. The highest BCUT2D eigenvalue weighted by Gasteiger charge is 2.59. The molecule has 1 aromatic rings. The van der Waals surface area contributed by atoms with Crippen molar-refractivity contribution in [3.05, 3.63) is 35.9 Å². The molecule has 2 heterocycles. The molecule has 28 heavy (non-hydrogen) atoms. The topological polar surface area (TPSA) is 114 Å². The number of ether oxygens (including phenoxy) is 2. The van der Waals surface area contributed by atoms with Gasteiger partial charge in [-0.25, -0.2) is 8.42 Å². The lowest BCUT2D eigenvalue weighted by atomic mass is 9.88. The summed E-state index contributed by atoms with van der Waals surface area (Å²) in [4.78, 5) is 25.2. The SMILES string of the molecule is CS(=O)(=O)N1CC(C(=O)NCCOCc2ccccc2)C2(C1)OCCNC2=O. The molecule has 0 radical (unpaired) electrons. The summed E-state index contributed by atoms with van der Waals surface area (Å²) in [5.41, 5.74) is -0.462. The van der Waals surface area contributed by atoms with E-state index in [2.05, 4.69) is 10.6 Å². The highest BCUT2D eigenvalue weighted by Crippen LogP contribution is 2.34. The number of amides is 2. The summed E-state index contributed by atoms with van der Waals surface area (Å²) in [6.07, 6.45) is 1.05. The van der Waals surface area contributed by atoms with Crippen molar-refractivity contribution in [3.8, 4) is 0 Å². The fraction of sp³-hybridized carbons (Fsp3) is 0.556. The summed E-state index contributed by atoms with van der Waals surface area (Å²) < 4.78 is 36.2. The Morgan fingerprint density at radius 2 is 2.14 bits per heavy atom. The summed E-state index contributed by atoms with van der Waals surface area (Å²) in [6, 6.07) is 9.65. The molecule has 2 unspecified atom stereocenters. The van der Waals surface area contributed by atoms with E-state index >= 15 is 0 Å². The average Bonchev–Trinajstić information content (AvgIpc) is 3.05. The minimum absolute atomic E-state index is 0.0943. The number of nitrogens with one attached hydrogen (secondary N) is 2. The summed E-state index contributed by atoms with van der Waals surface area (Å²) in [5.74, 6) is -1.80. The maximum atomic E-state index is 12.7. The van der Waals surface area contributed by atoms with E-state index in [-0.39, 0.29) is 26.2 Å². The minimum atomic E-state index is -3.56. The minimum Gasteiger partial charge on any atom is -0.375 e. The van der Waals surface area contributed by atoms with Gasteiger partial charge in [-0.3, -0.25) is 9.59 Å². The van der Waals surface area contributed by atoms with Gasteiger partial charge in [0.2, 0.25) is 15.9 Å². The predicted molar refractivity (Wildman–Crippen MR) is 101 cm³/mol. The van der Waals surface area contributed by atoms with Crippen LogP contribution in [0.2, 0.25) is 0 Å². The van der Waals surface area contributed by atoms with Crippen LogP contribution in [0.5, 0.6) is 0 Å². The number of hydrogen-bond acceptors (Lipinski definition) is 6. The van der Waals surface area contributed by atoms with Crippen LogP contribution in [0.1, 0.15) is 5.56 Å². The van der Waals surface area contributed by atoms with Crippen molar-refractivity contribution in [2.75, 3.05) is 45.6 Å². The highest BCUT2D eigenvalue weighted by molar-refractivity contribution is 7.88. The van der Waals surface area contributed by atoms with E-state index < -0.39 is 33.4 Å². The van der Waals surface area contributed by atoms with Crippen LogP contribution >= 0.6 is 0 Å². The van der Waals surface area contributed by atoms with Gasteiger partial charge in [0.25, 0.3) is 5.91 Å². The Balaban J connectivity index is 1.58. The second-order valence-corrected chi connectivity index (χ2v) is 8.91. The molecule has 2 saturated heterocycles. The molecular weight excluding hydrogens is 386 g/mol. The zero-order valence-electron chi connectivity index (χ0n) is 15.7. The quantitative estimate of drug-likeness (QED) is 0.562. The summed E-state index contributed by atoms with van der Waals surface area (Å²) in [6.45, 7) is 1.27. The van der Waals surface area contributed by atoms with E-state index in [0.29, 0.717) is 19.8 Å². The second kappa shape index (κ2) is 8.56. The molecule has 1 aromatic carbocycles. The van der Waals surface area contributed by atoms with E-state index in [1.54, 1.807) is 0 Å².